The molecule has 2 aromatic heterocycles. The summed E-state index contributed by atoms with van der Waals surface area (Å²) in [6, 6.07) is 6.56. The lowest BCUT2D eigenvalue weighted by molar-refractivity contribution is -0.137. The predicted octanol–water partition coefficient (Wildman–Crippen LogP) is 3.66. The monoisotopic (exact) mass is 640 g/mol. The van der Waals surface area contributed by atoms with E-state index in [1.54, 1.807) is 12.1 Å². The van der Waals surface area contributed by atoms with Crippen molar-refractivity contribution in [2.45, 2.75) is 49.6 Å². The second-order valence-electron chi connectivity index (χ2n) is 10.3. The molecule has 0 aliphatic heterocycles. The molecule has 6 atom stereocenters. The van der Waals surface area contributed by atoms with Crippen molar-refractivity contribution < 1.29 is 51.7 Å². The summed E-state index contributed by atoms with van der Waals surface area (Å²) in [6.45, 7) is -0.536. The highest BCUT2D eigenvalue weighted by Crippen LogP contribution is 2.56. The highest BCUT2D eigenvalue weighted by Gasteiger charge is 2.45. The first-order valence-corrected chi connectivity index (χ1v) is 16.3. The van der Waals surface area contributed by atoms with Crippen LogP contribution in [0.5, 0.6) is 0 Å². The van der Waals surface area contributed by atoms with E-state index in [2.05, 4.69) is 15.4 Å². The van der Waals surface area contributed by atoms with E-state index in [4.69, 9.17) is 25.9 Å². The Morgan fingerprint density at radius 1 is 1.12 bits per heavy atom. The molecule has 224 valence electrons. The fraction of sp³-hybridized carbons (Fsp3) is 0.478. The Morgan fingerprint density at radius 2 is 1.85 bits per heavy atom. The van der Waals surface area contributed by atoms with Crippen molar-refractivity contribution in [2.75, 3.05) is 17.8 Å². The molecule has 0 radical (unpaired) electrons. The van der Waals surface area contributed by atoms with Gasteiger partial charge in [-0.15, -0.1) is 5.10 Å². The molecule has 2 aliphatic rings. The minimum Gasteiger partial charge on any atom is -0.390 e. The second-order valence-corrected chi connectivity index (χ2v) is 14.6. The van der Waals surface area contributed by atoms with Crippen LogP contribution in [0.3, 0.4) is 0 Å². The van der Waals surface area contributed by atoms with E-state index in [0.29, 0.717) is 41.0 Å². The van der Waals surface area contributed by atoms with E-state index in [0.717, 1.165) is 12.1 Å². The molecule has 1 aromatic carbocycles. The molecule has 2 aliphatic carbocycles. The largest absolute Gasteiger partial charge is 0.416 e. The summed E-state index contributed by atoms with van der Waals surface area (Å²) >= 11 is 6.20. The third kappa shape index (κ3) is 6.48. The third-order valence-electron chi connectivity index (χ3n) is 7.41. The fourth-order valence-electron chi connectivity index (χ4n) is 5.56. The van der Waals surface area contributed by atoms with Crippen LogP contribution in [0.25, 0.3) is 5.52 Å². The number of aryl methyl sites for hydroxylation is 1. The number of hydrogen-bond donors (Lipinski definition) is 6. The summed E-state index contributed by atoms with van der Waals surface area (Å²) in [5.41, 5.74) is 1.45. The molecule has 0 amide bonds. The van der Waals surface area contributed by atoms with E-state index >= 15 is 0 Å². The average molecular weight is 641 g/mol. The van der Waals surface area contributed by atoms with Crippen LogP contribution in [0.1, 0.15) is 47.2 Å². The van der Waals surface area contributed by atoms with Gasteiger partial charge in [0.1, 0.15) is 5.52 Å². The van der Waals surface area contributed by atoms with Crippen LogP contribution in [-0.2, 0) is 26.3 Å². The Labute approximate surface area is 235 Å². The minimum atomic E-state index is -4.83. The first kappa shape index (κ1) is 30.4. The molecular weight excluding hydrogens is 615 g/mol. The molecule has 6 N–H and O–H groups in total. The lowest BCUT2D eigenvalue weighted by Crippen LogP contribution is -2.29. The molecule has 0 spiro atoms. The zero-order valence-electron chi connectivity index (χ0n) is 21.0. The van der Waals surface area contributed by atoms with Crippen LogP contribution in [0, 0.1) is 5.92 Å². The number of benzene rings is 1. The van der Waals surface area contributed by atoms with Crippen LogP contribution in [0.4, 0.5) is 19.0 Å². The maximum Gasteiger partial charge on any atom is 0.416 e. The van der Waals surface area contributed by atoms with Crippen LogP contribution < -0.4 is 5.32 Å². The number of alkyl halides is 3. The number of aliphatic hydroxyl groups excluding tert-OH is 2. The maximum atomic E-state index is 13.1. The Balaban J connectivity index is 1.36. The smallest absolute Gasteiger partial charge is 0.390 e. The highest BCUT2D eigenvalue weighted by molar-refractivity contribution is 7.70. The van der Waals surface area contributed by atoms with Crippen LogP contribution in [0.2, 0.25) is 5.28 Å². The number of fused-ring (bicyclic) bond motifs is 2. The molecule has 3 aromatic rings. The van der Waals surface area contributed by atoms with Crippen LogP contribution in [-0.4, -0.2) is 64.2 Å². The lowest BCUT2D eigenvalue weighted by Gasteiger charge is -2.19. The van der Waals surface area contributed by atoms with Gasteiger partial charge in [0.05, 0.1) is 30.4 Å². The van der Waals surface area contributed by atoms with Crippen molar-refractivity contribution in [1.29, 1.82) is 0 Å². The number of anilines is 1. The van der Waals surface area contributed by atoms with Gasteiger partial charge in [-0.25, -0.2) is 4.52 Å². The molecule has 1 saturated carbocycles. The van der Waals surface area contributed by atoms with Gasteiger partial charge in [-0.2, -0.15) is 18.2 Å². The van der Waals surface area contributed by atoms with E-state index in [1.807, 2.05) is 0 Å². The van der Waals surface area contributed by atoms with Gasteiger partial charge < -0.3 is 34.7 Å². The van der Waals surface area contributed by atoms with Crippen molar-refractivity contribution in [1.82, 2.24) is 14.6 Å². The Bertz CT molecular complexity index is 1570. The quantitative estimate of drug-likeness (QED) is 0.197. The summed E-state index contributed by atoms with van der Waals surface area (Å²) < 4.78 is 68.8. The molecule has 18 heteroatoms. The first-order valence-electron chi connectivity index (χ1n) is 12.4. The number of aliphatic hydroxyl groups is 2. The number of rotatable bonds is 8. The Morgan fingerprint density at radius 3 is 2.54 bits per heavy atom. The number of hydrogen-bond acceptors (Lipinski definition) is 8. The van der Waals surface area contributed by atoms with Crippen molar-refractivity contribution in [2.24, 2.45) is 5.92 Å². The molecule has 41 heavy (non-hydrogen) atoms. The van der Waals surface area contributed by atoms with E-state index in [1.165, 1.54) is 10.6 Å². The topological polar surface area (TPSA) is 187 Å². The molecule has 2 heterocycles. The van der Waals surface area contributed by atoms with Gasteiger partial charge in [-0.3, -0.25) is 9.13 Å². The minimum absolute atomic E-state index is 0.0757. The van der Waals surface area contributed by atoms with Gasteiger partial charge in [-0.1, -0.05) is 6.07 Å². The molecule has 12 nitrogen and oxygen atoms in total. The van der Waals surface area contributed by atoms with Gasteiger partial charge >= 0.3 is 21.4 Å². The van der Waals surface area contributed by atoms with Gasteiger partial charge in [-0.05, 0) is 66.3 Å². The van der Waals surface area contributed by atoms with Crippen LogP contribution in [0.15, 0.2) is 30.3 Å². The Kier molecular flexibility index (Phi) is 8.08. The lowest BCUT2D eigenvalue weighted by atomic mass is 10.0. The van der Waals surface area contributed by atoms with E-state index in [-0.39, 0.29) is 17.7 Å². The van der Waals surface area contributed by atoms with Crippen LogP contribution >= 0.6 is 26.8 Å². The predicted molar refractivity (Wildman–Crippen MR) is 140 cm³/mol. The van der Waals surface area contributed by atoms with Crippen molar-refractivity contribution in [3.8, 4) is 0 Å². The van der Waals surface area contributed by atoms with E-state index in [9.17, 15) is 37.4 Å². The van der Waals surface area contributed by atoms with Gasteiger partial charge in [0, 0.05) is 17.5 Å². The Hall–Kier alpha value is -2.06. The maximum absolute atomic E-state index is 13.1. The zero-order chi connectivity index (χ0) is 29.9. The number of nitrogens with one attached hydrogen (secondary N) is 1. The van der Waals surface area contributed by atoms with Crippen molar-refractivity contribution in [3.63, 3.8) is 0 Å². The summed E-state index contributed by atoms with van der Waals surface area (Å²) in [5.74, 6) is -2.64. The number of nitrogens with zero attached hydrogens (tertiary/aromatic N) is 3. The summed E-state index contributed by atoms with van der Waals surface area (Å²) in [6.07, 6.45) is -6.14. The second kappa shape index (κ2) is 10.9. The average Bonchev–Trinajstić information content (AvgIpc) is 3.52. The molecular formula is C23H26ClF3N4O8P2. The van der Waals surface area contributed by atoms with Gasteiger partial charge in [0.15, 0.2) is 11.7 Å². The van der Waals surface area contributed by atoms with E-state index < -0.39 is 63.5 Å². The number of halogens is 4. The molecule has 0 saturated heterocycles. The standard InChI is InChI=1S/C23H26ClF3N4O8P2/c24-22-29-21(28-16-4-1-11-7-13(23(25,26)27)2-3-14(11)16)18-6-5-17(31(18)30-22)15-8-12(19(32)20(15)33)9-39-41(37,38)10-40(34,35)36/h2-3,5-7,12,15-16,19-20,32-33H,1,4,8-10H2,(H,37,38)(H,28,29,30)(H2,34,35,36)/t12-,15+,16-,19-,20+/m1/s1. The first-order chi connectivity index (χ1) is 19.0. The fourth-order valence-corrected chi connectivity index (χ4v) is 8.33. The normalized spacial score (nSPS) is 26.3. The SMILES string of the molecule is O=P(O)(O)CP(=O)(O)OC[C@H]1C[C@@H](c2ccc3c(N[C@@H]4CCc5cc(C(F)(F)F)ccc54)nc(Cl)nn23)[C@H](O)[C@@H]1O. The summed E-state index contributed by atoms with van der Waals surface area (Å²) in [4.78, 5) is 31.9. The van der Waals surface area contributed by atoms with Gasteiger partial charge in [0.25, 0.3) is 0 Å². The van der Waals surface area contributed by atoms with Gasteiger partial charge in [0.2, 0.25) is 5.28 Å². The third-order valence-corrected chi connectivity index (χ3v) is 11.0. The molecule has 5 rings (SSSR count). The highest BCUT2D eigenvalue weighted by atomic mass is 35.5. The van der Waals surface area contributed by atoms with Crippen molar-refractivity contribution >= 4 is 38.1 Å². The number of aromatic nitrogens is 3. The summed E-state index contributed by atoms with van der Waals surface area (Å²) in [5, 5.41) is 28.7. The summed E-state index contributed by atoms with van der Waals surface area (Å²) in [7, 11) is -9.49. The zero-order valence-corrected chi connectivity index (χ0v) is 23.6. The molecule has 1 fully saturated rings. The molecule has 1 unspecified atom stereocenters. The van der Waals surface area contributed by atoms with Crippen molar-refractivity contribution in [3.05, 3.63) is 58.0 Å². The molecule has 0 bridgehead atoms.